The second-order valence-corrected chi connectivity index (χ2v) is 10.0. The monoisotopic (exact) mass is 189 g/mol. The maximum atomic E-state index is 5.48. The minimum absolute atomic E-state index is 0.836. The second kappa shape index (κ2) is 8.16. The Hall–Kier alpha value is 1.16. The number of halogens is 1. The zero-order chi connectivity index (χ0) is 6.24. The molecule has 0 aromatic heterocycles. The molecule has 5 heteroatoms. The highest BCUT2D eigenvalue weighted by Gasteiger charge is 1.87. The Kier molecular flexibility index (Phi) is 9.34. The smallest absolute Gasteiger partial charge is 0.0220 e. The third kappa shape index (κ3) is 7.16. The molecule has 0 saturated heterocycles. The fraction of sp³-hybridized carbons (Fsp3) is 1.00. The highest BCUT2D eigenvalue weighted by molar-refractivity contribution is 7.41. The summed E-state index contributed by atoms with van der Waals surface area (Å²) in [6.07, 6.45) is 1.20. The number of alkyl halides is 1. The lowest BCUT2D eigenvalue weighted by atomic mass is 10.6. The summed E-state index contributed by atoms with van der Waals surface area (Å²) in [4.78, 5) is 0. The van der Waals surface area contributed by atoms with E-state index in [1.807, 2.05) is 0 Å². The average molecular weight is 190 g/mol. The van der Waals surface area contributed by atoms with Crippen molar-refractivity contribution in [2.24, 2.45) is 0 Å². The standard InChI is InChI=1S/C3H6ClSi4/c4-2-1-3-6-8-7-5/h1-3H2. The van der Waals surface area contributed by atoms with Gasteiger partial charge in [0.2, 0.25) is 0 Å². The van der Waals surface area contributed by atoms with Crippen molar-refractivity contribution in [2.45, 2.75) is 12.5 Å². The molecule has 0 aliphatic carbocycles. The summed E-state index contributed by atoms with van der Waals surface area (Å²) < 4.78 is 0. The molecule has 0 N–H and O–H groups in total. The Morgan fingerprint density at radius 2 is 2.25 bits per heavy atom. The lowest BCUT2D eigenvalue weighted by Crippen LogP contribution is -2.11. The molecule has 0 heterocycles. The Balaban J connectivity index is 2.53. The quantitative estimate of drug-likeness (QED) is 0.326. The molecule has 0 nitrogen and oxygen atoms in total. The summed E-state index contributed by atoms with van der Waals surface area (Å²) in [5, 5.41) is 0. The van der Waals surface area contributed by atoms with Crippen molar-refractivity contribution >= 4 is 47.5 Å². The fourth-order valence-corrected chi connectivity index (χ4v) is 6.66. The number of hydrogen-bond donors (Lipinski definition) is 0. The minimum Gasteiger partial charge on any atom is -0.127 e. The van der Waals surface area contributed by atoms with Gasteiger partial charge in [-0.1, -0.05) is 6.04 Å². The molecule has 0 aromatic rings. The van der Waals surface area contributed by atoms with Gasteiger partial charge in [0.25, 0.3) is 0 Å². The third-order valence-electron chi connectivity index (χ3n) is 0.586. The van der Waals surface area contributed by atoms with E-state index in [1.54, 1.807) is 0 Å². The molecule has 0 unspecified atom stereocenters. The van der Waals surface area contributed by atoms with Crippen LogP contribution in [0.2, 0.25) is 6.04 Å². The van der Waals surface area contributed by atoms with E-state index in [2.05, 4.69) is 9.76 Å². The van der Waals surface area contributed by atoms with Crippen molar-refractivity contribution in [2.75, 3.05) is 5.88 Å². The minimum atomic E-state index is 0.836. The van der Waals surface area contributed by atoms with Gasteiger partial charge < -0.3 is 0 Å². The summed E-state index contributed by atoms with van der Waals surface area (Å²) in [5.74, 6) is 0.836. The van der Waals surface area contributed by atoms with Crippen LogP contribution in [0.15, 0.2) is 0 Å². The molecule has 0 rings (SSSR count). The summed E-state index contributed by atoms with van der Waals surface area (Å²) in [6.45, 7) is 0. The third-order valence-corrected chi connectivity index (χ3v) is 9.51. The Morgan fingerprint density at radius 1 is 1.50 bits per heavy atom. The predicted octanol–water partition coefficient (Wildman–Crippen LogP) is 0.0597. The molecule has 0 amide bonds. The molecule has 0 bridgehead atoms. The molecule has 0 atom stereocenters. The maximum absolute atomic E-state index is 5.48. The van der Waals surface area contributed by atoms with Crippen LogP contribution in [0.1, 0.15) is 6.42 Å². The first kappa shape index (κ1) is 9.16. The van der Waals surface area contributed by atoms with E-state index in [1.165, 1.54) is 12.5 Å². The number of hydrogen-bond acceptors (Lipinski definition) is 0. The van der Waals surface area contributed by atoms with E-state index < -0.39 is 0 Å². The first-order chi connectivity index (χ1) is 3.91. The van der Waals surface area contributed by atoms with E-state index in [0.717, 1.165) is 32.0 Å². The highest BCUT2D eigenvalue weighted by Crippen LogP contribution is 1.88. The van der Waals surface area contributed by atoms with Crippen LogP contribution in [0, 0.1) is 0 Å². The molecular formula is C3H6ClSi4. The summed E-state index contributed by atoms with van der Waals surface area (Å²) in [6, 6.07) is 1.33. The molecule has 0 spiro atoms. The van der Waals surface area contributed by atoms with E-state index in [4.69, 9.17) is 11.6 Å². The van der Waals surface area contributed by atoms with Crippen LogP contribution < -0.4 is 0 Å². The van der Waals surface area contributed by atoms with Crippen molar-refractivity contribution in [3.05, 3.63) is 0 Å². The topological polar surface area (TPSA) is 0 Å². The lowest BCUT2D eigenvalue weighted by Gasteiger charge is -1.90. The molecular weight excluding hydrogens is 184 g/mol. The highest BCUT2D eigenvalue weighted by atomic mass is 35.5. The van der Waals surface area contributed by atoms with Crippen molar-refractivity contribution in [3.8, 4) is 0 Å². The van der Waals surface area contributed by atoms with E-state index in [9.17, 15) is 0 Å². The van der Waals surface area contributed by atoms with Crippen molar-refractivity contribution < 1.29 is 0 Å². The summed E-state index contributed by atoms with van der Waals surface area (Å²) in [7, 11) is 6.71. The van der Waals surface area contributed by atoms with Gasteiger partial charge in [-0.05, 0) is 6.42 Å². The summed E-state index contributed by atoms with van der Waals surface area (Å²) in [5.41, 5.74) is 0. The normalized spacial score (nSPS) is 9.75. The molecule has 0 saturated carbocycles. The van der Waals surface area contributed by atoms with Gasteiger partial charge in [0, 0.05) is 41.8 Å². The Labute approximate surface area is 66.0 Å². The van der Waals surface area contributed by atoms with Gasteiger partial charge in [0.05, 0.1) is 0 Å². The molecule has 0 fully saturated rings. The van der Waals surface area contributed by atoms with Gasteiger partial charge >= 0.3 is 0 Å². The zero-order valence-corrected chi connectivity index (χ0v) is 9.26. The van der Waals surface area contributed by atoms with Crippen LogP contribution in [0.4, 0.5) is 0 Å². The summed E-state index contributed by atoms with van der Waals surface area (Å²) >= 11 is 5.48. The van der Waals surface area contributed by atoms with Crippen molar-refractivity contribution in [3.63, 3.8) is 0 Å². The van der Waals surface area contributed by atoms with Gasteiger partial charge in [0.1, 0.15) is 0 Å². The van der Waals surface area contributed by atoms with Gasteiger partial charge in [-0.25, -0.2) is 0 Å². The van der Waals surface area contributed by atoms with Crippen LogP contribution in [0.25, 0.3) is 0 Å². The van der Waals surface area contributed by atoms with Crippen molar-refractivity contribution in [1.29, 1.82) is 0 Å². The van der Waals surface area contributed by atoms with Crippen LogP contribution in [0.3, 0.4) is 0 Å². The van der Waals surface area contributed by atoms with E-state index in [0.29, 0.717) is 0 Å². The van der Waals surface area contributed by atoms with Crippen LogP contribution >= 0.6 is 11.6 Å². The Bertz CT molecular complexity index is 36.3. The zero-order valence-electron chi connectivity index (χ0n) is 4.50. The molecule has 8 heavy (non-hydrogen) atoms. The van der Waals surface area contributed by atoms with Gasteiger partial charge in [-0.15, -0.1) is 11.6 Å². The first-order valence-electron chi connectivity index (χ1n) is 2.37. The van der Waals surface area contributed by atoms with Gasteiger partial charge in [-0.3, -0.25) is 0 Å². The second-order valence-electron chi connectivity index (χ2n) is 1.22. The van der Waals surface area contributed by atoms with Crippen LogP contribution in [-0.4, -0.2) is 41.8 Å². The van der Waals surface area contributed by atoms with Crippen LogP contribution in [0.5, 0.6) is 0 Å². The number of rotatable bonds is 5. The predicted molar refractivity (Wildman–Crippen MR) is 43.2 cm³/mol. The molecule has 9 radical (unpaired) electrons. The van der Waals surface area contributed by atoms with E-state index in [-0.39, 0.29) is 0 Å². The largest absolute Gasteiger partial charge is 0.127 e. The van der Waals surface area contributed by atoms with E-state index >= 15 is 0 Å². The molecule has 41 valence electrons. The average Bonchev–Trinajstić information content (AvgIpc) is 1.81. The fourth-order valence-electron chi connectivity index (χ4n) is 0.262. The first-order valence-corrected chi connectivity index (χ1v) is 9.61. The van der Waals surface area contributed by atoms with Gasteiger partial charge in [0.15, 0.2) is 0 Å². The van der Waals surface area contributed by atoms with Gasteiger partial charge in [-0.2, -0.15) is 0 Å². The molecule has 0 aliphatic rings. The maximum Gasteiger partial charge on any atom is 0.0220 e. The molecule has 0 aromatic carbocycles. The van der Waals surface area contributed by atoms with Crippen LogP contribution in [-0.2, 0) is 0 Å². The SMILES string of the molecule is [Si][Si][Si][Si]CCCCl. The lowest BCUT2D eigenvalue weighted by molar-refractivity contribution is 1.09. The molecule has 0 aliphatic heterocycles. The Morgan fingerprint density at radius 3 is 2.75 bits per heavy atom. The van der Waals surface area contributed by atoms with Crippen molar-refractivity contribution in [1.82, 2.24) is 0 Å².